The van der Waals surface area contributed by atoms with E-state index in [2.05, 4.69) is 0 Å². The number of hydrogen-bond acceptors (Lipinski definition) is 3. The lowest BCUT2D eigenvalue weighted by Gasteiger charge is -2.25. The molecule has 0 spiro atoms. The predicted molar refractivity (Wildman–Crippen MR) is 81.5 cm³/mol. The van der Waals surface area contributed by atoms with E-state index in [0.717, 1.165) is 27.8 Å². The van der Waals surface area contributed by atoms with E-state index in [1.807, 2.05) is 43.1 Å². The van der Waals surface area contributed by atoms with Gasteiger partial charge in [0.1, 0.15) is 0 Å². The minimum atomic E-state index is 0.118. The maximum absolute atomic E-state index is 12.2. The Kier molecular flexibility index (Phi) is 5.27. The van der Waals surface area contributed by atoms with E-state index >= 15 is 0 Å². The molecular formula is C13H16ClNOS2. The van der Waals surface area contributed by atoms with Gasteiger partial charge in [0.25, 0.3) is 0 Å². The number of halogens is 1. The summed E-state index contributed by atoms with van der Waals surface area (Å²) in [5.74, 6) is 3.40. The van der Waals surface area contributed by atoms with Crippen molar-refractivity contribution in [2.24, 2.45) is 0 Å². The molecule has 2 nitrogen and oxygen atoms in total. The molecule has 1 aromatic carbocycles. The van der Waals surface area contributed by atoms with Gasteiger partial charge in [0, 0.05) is 35.9 Å². The van der Waals surface area contributed by atoms with E-state index in [1.165, 1.54) is 0 Å². The first-order valence-corrected chi connectivity index (χ1v) is 8.44. The van der Waals surface area contributed by atoms with Gasteiger partial charge in [0.05, 0.1) is 5.25 Å². The molecule has 1 aliphatic heterocycles. The van der Waals surface area contributed by atoms with Gasteiger partial charge in [0.15, 0.2) is 0 Å². The molecule has 0 N–H and O–H groups in total. The van der Waals surface area contributed by atoms with E-state index in [-0.39, 0.29) is 11.2 Å². The molecule has 0 radical (unpaired) electrons. The van der Waals surface area contributed by atoms with Gasteiger partial charge in [-0.2, -0.15) is 11.8 Å². The average molecular weight is 302 g/mol. The fourth-order valence-corrected chi connectivity index (χ4v) is 4.74. The second-order valence-corrected chi connectivity index (χ2v) is 7.16. The van der Waals surface area contributed by atoms with Gasteiger partial charge in [-0.25, -0.2) is 0 Å². The first-order chi connectivity index (χ1) is 8.66. The lowest BCUT2D eigenvalue weighted by molar-refractivity contribution is -0.129. The molecule has 0 saturated carbocycles. The van der Waals surface area contributed by atoms with Crippen LogP contribution >= 0.6 is 35.1 Å². The monoisotopic (exact) mass is 301 g/mol. The van der Waals surface area contributed by atoms with Crippen LogP contribution in [0.5, 0.6) is 0 Å². The maximum atomic E-state index is 12.2. The van der Waals surface area contributed by atoms with Crippen molar-refractivity contribution in [3.8, 4) is 0 Å². The number of hydrogen-bond donors (Lipinski definition) is 0. The molecule has 18 heavy (non-hydrogen) atoms. The first kappa shape index (κ1) is 14.1. The number of rotatable bonds is 3. The molecule has 1 aromatic rings. The molecule has 1 atom stereocenters. The van der Waals surface area contributed by atoms with Crippen molar-refractivity contribution in [1.29, 1.82) is 0 Å². The van der Waals surface area contributed by atoms with Crippen LogP contribution in [0.3, 0.4) is 0 Å². The number of amides is 1. The van der Waals surface area contributed by atoms with E-state index in [0.29, 0.717) is 6.54 Å². The Morgan fingerprint density at radius 2 is 2.33 bits per heavy atom. The van der Waals surface area contributed by atoms with Crippen molar-refractivity contribution in [2.75, 3.05) is 24.3 Å². The zero-order valence-corrected chi connectivity index (χ0v) is 12.7. The average Bonchev–Trinajstić information content (AvgIpc) is 2.39. The lowest BCUT2D eigenvalue weighted by Crippen LogP contribution is -2.37. The molecule has 1 heterocycles. The third-order valence-corrected chi connectivity index (χ3v) is 5.75. The summed E-state index contributed by atoms with van der Waals surface area (Å²) in [7, 11) is 1.86. The SMILES string of the molecule is CN(Cc1cccc(Cl)c1)C(=O)C1CSCCS1. The molecule has 0 aromatic heterocycles. The van der Waals surface area contributed by atoms with Crippen LogP contribution in [0, 0.1) is 0 Å². The van der Waals surface area contributed by atoms with Gasteiger partial charge in [-0.05, 0) is 17.7 Å². The predicted octanol–water partition coefficient (Wildman–Crippen LogP) is 3.15. The van der Waals surface area contributed by atoms with Gasteiger partial charge < -0.3 is 4.90 Å². The van der Waals surface area contributed by atoms with Crippen molar-refractivity contribution >= 4 is 41.0 Å². The summed E-state index contributed by atoms with van der Waals surface area (Å²) in [6.45, 7) is 0.626. The van der Waals surface area contributed by atoms with E-state index in [1.54, 1.807) is 16.7 Å². The largest absolute Gasteiger partial charge is 0.340 e. The van der Waals surface area contributed by atoms with Crippen molar-refractivity contribution in [3.05, 3.63) is 34.9 Å². The van der Waals surface area contributed by atoms with Crippen LogP contribution in [0.2, 0.25) is 5.02 Å². The molecule has 1 unspecified atom stereocenters. The van der Waals surface area contributed by atoms with Crippen LogP contribution in [0.1, 0.15) is 5.56 Å². The van der Waals surface area contributed by atoms with Crippen LogP contribution in [-0.2, 0) is 11.3 Å². The van der Waals surface area contributed by atoms with Crippen LogP contribution in [0.4, 0.5) is 0 Å². The Morgan fingerprint density at radius 3 is 3.00 bits per heavy atom. The van der Waals surface area contributed by atoms with E-state index in [9.17, 15) is 4.79 Å². The summed E-state index contributed by atoms with van der Waals surface area (Å²) >= 11 is 9.59. The Balaban J connectivity index is 1.94. The Morgan fingerprint density at radius 1 is 1.50 bits per heavy atom. The van der Waals surface area contributed by atoms with Crippen molar-refractivity contribution < 1.29 is 4.79 Å². The maximum Gasteiger partial charge on any atom is 0.236 e. The number of thioether (sulfide) groups is 2. The van der Waals surface area contributed by atoms with Crippen molar-refractivity contribution in [1.82, 2.24) is 4.90 Å². The number of carbonyl (C=O) groups excluding carboxylic acids is 1. The number of benzene rings is 1. The van der Waals surface area contributed by atoms with Crippen molar-refractivity contribution in [2.45, 2.75) is 11.8 Å². The highest BCUT2D eigenvalue weighted by Crippen LogP contribution is 2.25. The Hall–Kier alpha value is -0.320. The molecule has 5 heteroatoms. The zero-order chi connectivity index (χ0) is 13.0. The van der Waals surface area contributed by atoms with E-state index in [4.69, 9.17) is 11.6 Å². The molecule has 0 bridgehead atoms. The minimum Gasteiger partial charge on any atom is -0.340 e. The van der Waals surface area contributed by atoms with Gasteiger partial charge in [-0.3, -0.25) is 4.79 Å². The normalized spacial score (nSPS) is 19.6. The zero-order valence-electron chi connectivity index (χ0n) is 10.3. The summed E-state index contributed by atoms with van der Waals surface area (Å²) in [4.78, 5) is 14.0. The van der Waals surface area contributed by atoms with Crippen molar-refractivity contribution in [3.63, 3.8) is 0 Å². The quantitative estimate of drug-likeness (QED) is 0.855. The van der Waals surface area contributed by atoms with Gasteiger partial charge >= 0.3 is 0 Å². The fourth-order valence-electron chi connectivity index (χ4n) is 1.86. The number of nitrogens with zero attached hydrogens (tertiary/aromatic N) is 1. The highest BCUT2D eigenvalue weighted by Gasteiger charge is 2.24. The lowest BCUT2D eigenvalue weighted by atomic mass is 10.2. The van der Waals surface area contributed by atoms with Crippen LogP contribution in [0.15, 0.2) is 24.3 Å². The molecular weight excluding hydrogens is 286 g/mol. The molecule has 1 fully saturated rings. The summed E-state index contributed by atoms with van der Waals surface area (Å²) in [5, 5.41) is 0.837. The topological polar surface area (TPSA) is 20.3 Å². The Labute approximate surface area is 121 Å². The standard InChI is InChI=1S/C13H16ClNOS2/c1-15(8-10-3-2-4-11(14)7-10)13(16)12-9-17-5-6-18-12/h2-4,7,12H,5-6,8-9H2,1H3. The Bertz CT molecular complexity index is 421. The smallest absolute Gasteiger partial charge is 0.236 e. The summed E-state index contributed by atoms with van der Waals surface area (Å²) in [6.07, 6.45) is 0. The first-order valence-electron chi connectivity index (χ1n) is 5.85. The second kappa shape index (κ2) is 6.73. The molecule has 1 saturated heterocycles. The fraction of sp³-hybridized carbons (Fsp3) is 0.462. The minimum absolute atomic E-state index is 0.118. The van der Waals surface area contributed by atoms with Crippen LogP contribution in [-0.4, -0.2) is 40.4 Å². The third kappa shape index (κ3) is 3.84. The third-order valence-electron chi connectivity index (χ3n) is 2.78. The number of carbonyl (C=O) groups is 1. The van der Waals surface area contributed by atoms with Gasteiger partial charge in [0.2, 0.25) is 5.91 Å². The van der Waals surface area contributed by atoms with Crippen LogP contribution < -0.4 is 0 Å². The highest BCUT2D eigenvalue weighted by atomic mass is 35.5. The summed E-state index contributed by atoms with van der Waals surface area (Å²) in [6, 6.07) is 7.67. The molecule has 0 aliphatic carbocycles. The molecule has 1 aliphatic rings. The summed E-state index contributed by atoms with van der Waals surface area (Å²) in [5.41, 5.74) is 1.08. The molecule has 98 valence electrons. The summed E-state index contributed by atoms with van der Waals surface area (Å²) < 4.78 is 0. The second-order valence-electron chi connectivity index (χ2n) is 4.26. The van der Waals surface area contributed by atoms with Crippen LogP contribution in [0.25, 0.3) is 0 Å². The van der Waals surface area contributed by atoms with Gasteiger partial charge in [-0.1, -0.05) is 23.7 Å². The van der Waals surface area contributed by atoms with Gasteiger partial charge in [-0.15, -0.1) is 11.8 Å². The highest BCUT2D eigenvalue weighted by molar-refractivity contribution is 8.07. The molecule has 2 rings (SSSR count). The molecule has 1 amide bonds. The van der Waals surface area contributed by atoms with E-state index < -0.39 is 0 Å².